The summed E-state index contributed by atoms with van der Waals surface area (Å²) in [6, 6.07) is 3.61. The number of aromatic hydroxyl groups is 1. The van der Waals surface area contributed by atoms with Crippen LogP contribution in [0.3, 0.4) is 0 Å². The van der Waals surface area contributed by atoms with E-state index in [4.69, 9.17) is 4.74 Å². The predicted octanol–water partition coefficient (Wildman–Crippen LogP) is 2.48. The maximum Gasteiger partial charge on any atom is 0.172 e. The van der Waals surface area contributed by atoms with Crippen molar-refractivity contribution in [3.8, 4) is 11.5 Å². The van der Waals surface area contributed by atoms with Crippen LogP contribution in [0, 0.1) is 0 Å². The average molecular weight is 275 g/mol. The molecular weight excluding hydrogens is 260 g/mol. The van der Waals surface area contributed by atoms with Gasteiger partial charge in [0.05, 0.1) is 17.7 Å². The van der Waals surface area contributed by atoms with Crippen molar-refractivity contribution in [2.45, 2.75) is 25.9 Å². The number of phenolic OH excluding ortho intramolecular Hbond substituents is 1. The van der Waals surface area contributed by atoms with Crippen molar-refractivity contribution >= 4 is 15.9 Å². The fourth-order valence-electron chi connectivity index (χ4n) is 1.30. The van der Waals surface area contributed by atoms with Crippen LogP contribution in [0.15, 0.2) is 16.6 Å². The number of halogens is 1. The zero-order valence-electron chi connectivity index (χ0n) is 8.83. The van der Waals surface area contributed by atoms with Crippen molar-refractivity contribution < 1.29 is 14.9 Å². The molecule has 0 saturated carbocycles. The largest absolute Gasteiger partial charge is 0.503 e. The van der Waals surface area contributed by atoms with Crippen LogP contribution in [0.5, 0.6) is 11.5 Å². The number of hydrogen-bond donors (Lipinski definition) is 2. The molecule has 0 amide bonds. The van der Waals surface area contributed by atoms with E-state index < -0.39 is 0 Å². The van der Waals surface area contributed by atoms with Gasteiger partial charge in [0.2, 0.25) is 0 Å². The van der Waals surface area contributed by atoms with Crippen LogP contribution in [0.25, 0.3) is 0 Å². The van der Waals surface area contributed by atoms with Crippen LogP contribution in [0.1, 0.15) is 18.9 Å². The van der Waals surface area contributed by atoms with Crippen LogP contribution in [0.2, 0.25) is 0 Å². The first-order valence-electron chi connectivity index (χ1n) is 4.78. The fourth-order valence-corrected chi connectivity index (χ4v) is 1.79. The Hall–Kier alpha value is -0.740. The molecule has 0 unspecified atom stereocenters. The van der Waals surface area contributed by atoms with Gasteiger partial charge >= 0.3 is 0 Å². The first kappa shape index (κ1) is 12.3. The number of aliphatic hydroxyl groups excluding tert-OH is 1. The second kappa shape index (κ2) is 5.37. The lowest BCUT2D eigenvalue weighted by atomic mass is 10.1. The zero-order chi connectivity index (χ0) is 11.4. The Labute approximate surface area is 97.8 Å². The smallest absolute Gasteiger partial charge is 0.172 e. The quantitative estimate of drug-likeness (QED) is 0.887. The average Bonchev–Trinajstić information content (AvgIpc) is 2.19. The molecule has 0 aliphatic heterocycles. The van der Waals surface area contributed by atoms with E-state index in [1.54, 1.807) is 13.0 Å². The Morgan fingerprint density at radius 2 is 2.13 bits per heavy atom. The third-order valence-electron chi connectivity index (χ3n) is 2.16. The molecule has 0 heterocycles. The molecule has 0 aliphatic carbocycles. The monoisotopic (exact) mass is 274 g/mol. The summed E-state index contributed by atoms with van der Waals surface area (Å²) >= 11 is 3.25. The van der Waals surface area contributed by atoms with Gasteiger partial charge in [-0.25, -0.2) is 0 Å². The highest BCUT2D eigenvalue weighted by atomic mass is 79.9. The molecule has 1 atom stereocenters. The van der Waals surface area contributed by atoms with E-state index in [2.05, 4.69) is 15.9 Å². The summed E-state index contributed by atoms with van der Waals surface area (Å²) in [5.74, 6) is 0.559. The Morgan fingerprint density at radius 3 is 2.67 bits per heavy atom. The minimum atomic E-state index is -0.316. The number of benzene rings is 1. The number of ether oxygens (including phenoxy) is 1. The fraction of sp³-hybridized carbons (Fsp3) is 0.455. The molecule has 2 N–H and O–H groups in total. The van der Waals surface area contributed by atoms with Gasteiger partial charge in [0.25, 0.3) is 0 Å². The van der Waals surface area contributed by atoms with E-state index in [1.165, 1.54) is 7.11 Å². The van der Waals surface area contributed by atoms with E-state index in [0.717, 1.165) is 12.0 Å². The first-order valence-corrected chi connectivity index (χ1v) is 5.57. The van der Waals surface area contributed by atoms with E-state index in [-0.39, 0.29) is 11.9 Å². The molecule has 0 spiro atoms. The molecule has 0 radical (unpaired) electrons. The maximum absolute atomic E-state index is 9.58. The van der Waals surface area contributed by atoms with Crippen molar-refractivity contribution in [3.63, 3.8) is 0 Å². The Kier molecular flexibility index (Phi) is 4.42. The number of hydrogen-bond acceptors (Lipinski definition) is 3. The highest BCUT2D eigenvalue weighted by Gasteiger charge is 2.08. The van der Waals surface area contributed by atoms with Gasteiger partial charge < -0.3 is 14.9 Å². The molecular formula is C11H15BrO3. The van der Waals surface area contributed by atoms with Crippen LogP contribution in [-0.2, 0) is 6.42 Å². The predicted molar refractivity (Wildman–Crippen MR) is 62.4 cm³/mol. The third kappa shape index (κ3) is 3.39. The molecule has 0 saturated heterocycles. The van der Waals surface area contributed by atoms with E-state index in [9.17, 15) is 10.2 Å². The van der Waals surface area contributed by atoms with Gasteiger partial charge in [-0.05, 0) is 53.4 Å². The van der Waals surface area contributed by atoms with Gasteiger partial charge in [-0.2, -0.15) is 0 Å². The lowest BCUT2D eigenvalue weighted by Gasteiger charge is -2.09. The zero-order valence-corrected chi connectivity index (χ0v) is 10.4. The van der Waals surface area contributed by atoms with Crippen molar-refractivity contribution in [2.75, 3.05) is 7.11 Å². The molecule has 15 heavy (non-hydrogen) atoms. The van der Waals surface area contributed by atoms with Crippen molar-refractivity contribution in [1.29, 1.82) is 0 Å². The van der Waals surface area contributed by atoms with E-state index in [1.807, 2.05) is 6.07 Å². The van der Waals surface area contributed by atoms with E-state index >= 15 is 0 Å². The summed E-state index contributed by atoms with van der Waals surface area (Å²) in [5, 5.41) is 18.7. The normalized spacial score (nSPS) is 12.5. The van der Waals surface area contributed by atoms with Gasteiger partial charge in [-0.1, -0.05) is 0 Å². The van der Waals surface area contributed by atoms with Crippen LogP contribution in [0.4, 0.5) is 0 Å². The van der Waals surface area contributed by atoms with Crippen molar-refractivity contribution in [3.05, 3.63) is 22.2 Å². The maximum atomic E-state index is 9.58. The lowest BCUT2D eigenvalue weighted by Crippen LogP contribution is -2.01. The SMILES string of the molecule is COc1cc(CC[C@H](C)O)cc(Br)c1O. The minimum Gasteiger partial charge on any atom is -0.503 e. The van der Waals surface area contributed by atoms with Crippen LogP contribution < -0.4 is 4.74 Å². The molecule has 1 aromatic carbocycles. The number of rotatable bonds is 4. The van der Waals surface area contributed by atoms with Gasteiger partial charge in [0, 0.05) is 0 Å². The summed E-state index contributed by atoms with van der Waals surface area (Å²) in [7, 11) is 1.51. The number of aryl methyl sites for hydroxylation is 1. The molecule has 1 rings (SSSR count). The second-order valence-corrected chi connectivity index (χ2v) is 4.37. The number of aliphatic hydroxyl groups is 1. The molecule has 0 fully saturated rings. The van der Waals surface area contributed by atoms with Crippen LogP contribution >= 0.6 is 15.9 Å². The number of methoxy groups -OCH3 is 1. The minimum absolute atomic E-state index is 0.110. The second-order valence-electron chi connectivity index (χ2n) is 3.52. The highest BCUT2D eigenvalue weighted by Crippen LogP contribution is 2.35. The number of phenols is 1. The molecule has 84 valence electrons. The molecule has 1 aromatic rings. The summed E-state index contributed by atoms with van der Waals surface area (Å²) in [4.78, 5) is 0. The summed E-state index contributed by atoms with van der Waals surface area (Å²) in [6.45, 7) is 1.76. The molecule has 0 aromatic heterocycles. The third-order valence-corrected chi connectivity index (χ3v) is 2.76. The molecule has 4 heteroatoms. The van der Waals surface area contributed by atoms with E-state index in [0.29, 0.717) is 16.6 Å². The lowest BCUT2D eigenvalue weighted by molar-refractivity contribution is 0.185. The summed E-state index contributed by atoms with van der Waals surface area (Å²) < 4.78 is 5.64. The van der Waals surface area contributed by atoms with Crippen molar-refractivity contribution in [1.82, 2.24) is 0 Å². The summed E-state index contributed by atoms with van der Waals surface area (Å²) in [5.41, 5.74) is 1.03. The van der Waals surface area contributed by atoms with Crippen molar-refractivity contribution in [2.24, 2.45) is 0 Å². The van der Waals surface area contributed by atoms with Gasteiger partial charge in [-0.15, -0.1) is 0 Å². The molecule has 0 aliphatic rings. The standard InChI is InChI=1S/C11H15BrO3/c1-7(13)3-4-8-5-9(12)11(14)10(6-8)15-2/h5-7,13-14H,3-4H2,1-2H3/t7-/m0/s1. The Balaban J connectivity index is 2.86. The van der Waals surface area contributed by atoms with Gasteiger partial charge in [-0.3, -0.25) is 0 Å². The molecule has 3 nitrogen and oxygen atoms in total. The Bertz CT molecular complexity index is 337. The van der Waals surface area contributed by atoms with Gasteiger partial charge in [0.15, 0.2) is 11.5 Å². The van der Waals surface area contributed by atoms with Gasteiger partial charge in [0.1, 0.15) is 0 Å². The highest BCUT2D eigenvalue weighted by molar-refractivity contribution is 9.10. The van der Waals surface area contributed by atoms with Crippen LogP contribution in [-0.4, -0.2) is 23.4 Å². The Morgan fingerprint density at radius 1 is 1.47 bits per heavy atom. The first-order chi connectivity index (χ1) is 7.04. The topological polar surface area (TPSA) is 49.7 Å². The summed E-state index contributed by atoms with van der Waals surface area (Å²) in [6.07, 6.45) is 1.14. The molecule has 0 bridgehead atoms.